The number of benzene rings is 1. The van der Waals surface area contributed by atoms with Crippen LogP contribution in [0.15, 0.2) is 24.3 Å². The Morgan fingerprint density at radius 1 is 1.12 bits per heavy atom. The molecule has 0 aliphatic carbocycles. The SMILES string of the molecule is CC1(C)O[C@@H]2[C@H](O1)[C@@H](CO[Si](C)(C)C(C)(C)C)N[C@H]2c1ccc(F)cc1. The van der Waals surface area contributed by atoms with Gasteiger partial charge in [0, 0.05) is 0 Å². The first-order valence-corrected chi connectivity index (χ1v) is 12.3. The molecule has 6 heteroatoms. The normalized spacial score (nSPS) is 31.2. The highest BCUT2D eigenvalue weighted by atomic mass is 28.4. The van der Waals surface area contributed by atoms with Crippen molar-refractivity contribution in [2.75, 3.05) is 6.61 Å². The summed E-state index contributed by atoms with van der Waals surface area (Å²) < 4.78 is 32.1. The Morgan fingerprint density at radius 2 is 1.69 bits per heavy atom. The van der Waals surface area contributed by atoms with Gasteiger partial charge < -0.3 is 19.2 Å². The molecule has 0 spiro atoms. The lowest BCUT2D eigenvalue weighted by Crippen LogP contribution is -2.47. The first kappa shape index (κ1) is 20.0. The average Bonchev–Trinajstić information content (AvgIpc) is 2.98. The van der Waals surface area contributed by atoms with Gasteiger partial charge in [0.15, 0.2) is 14.1 Å². The molecule has 0 unspecified atom stereocenters. The lowest BCUT2D eigenvalue weighted by molar-refractivity contribution is -0.157. The quantitative estimate of drug-likeness (QED) is 0.786. The molecular weight excluding hydrogens is 349 g/mol. The molecule has 2 saturated heterocycles. The monoisotopic (exact) mass is 381 g/mol. The van der Waals surface area contributed by atoms with Gasteiger partial charge in [0.2, 0.25) is 0 Å². The van der Waals surface area contributed by atoms with Crippen LogP contribution in [0.5, 0.6) is 0 Å². The lowest BCUT2D eigenvalue weighted by Gasteiger charge is -2.37. The van der Waals surface area contributed by atoms with Crippen LogP contribution < -0.4 is 5.32 Å². The van der Waals surface area contributed by atoms with E-state index in [1.165, 1.54) is 12.1 Å². The Bertz CT molecular complexity index is 641. The van der Waals surface area contributed by atoms with E-state index in [1.807, 2.05) is 26.0 Å². The molecule has 146 valence electrons. The summed E-state index contributed by atoms with van der Waals surface area (Å²) in [5.41, 5.74) is 1.01. The van der Waals surface area contributed by atoms with Crippen LogP contribution in [0.2, 0.25) is 18.1 Å². The summed E-state index contributed by atoms with van der Waals surface area (Å²) in [5.74, 6) is -0.852. The highest BCUT2D eigenvalue weighted by molar-refractivity contribution is 6.74. The highest BCUT2D eigenvalue weighted by Crippen LogP contribution is 2.42. The lowest BCUT2D eigenvalue weighted by atomic mass is 10.0. The zero-order valence-electron chi connectivity index (χ0n) is 16.9. The number of rotatable bonds is 4. The number of ether oxygens (including phenoxy) is 2. The van der Waals surface area contributed by atoms with Crippen LogP contribution in [0.4, 0.5) is 4.39 Å². The maximum absolute atomic E-state index is 13.3. The zero-order chi connectivity index (χ0) is 19.3. The average molecular weight is 382 g/mol. The molecule has 1 aromatic rings. The van der Waals surface area contributed by atoms with E-state index < -0.39 is 14.1 Å². The molecule has 0 amide bonds. The number of hydrogen-bond donors (Lipinski definition) is 1. The Kier molecular flexibility index (Phi) is 5.12. The summed E-state index contributed by atoms with van der Waals surface area (Å²) >= 11 is 0. The van der Waals surface area contributed by atoms with Gasteiger partial charge in [-0.25, -0.2) is 4.39 Å². The van der Waals surface area contributed by atoms with E-state index in [2.05, 4.69) is 39.2 Å². The van der Waals surface area contributed by atoms with E-state index >= 15 is 0 Å². The summed E-state index contributed by atoms with van der Waals surface area (Å²) in [4.78, 5) is 0. The van der Waals surface area contributed by atoms with Gasteiger partial charge in [-0.15, -0.1) is 0 Å². The predicted octanol–water partition coefficient (Wildman–Crippen LogP) is 4.38. The van der Waals surface area contributed by atoms with Crippen LogP contribution in [0.3, 0.4) is 0 Å². The van der Waals surface area contributed by atoms with E-state index in [1.54, 1.807) is 0 Å². The molecule has 2 fully saturated rings. The van der Waals surface area contributed by atoms with E-state index in [4.69, 9.17) is 13.9 Å². The highest BCUT2D eigenvalue weighted by Gasteiger charge is 2.54. The van der Waals surface area contributed by atoms with E-state index in [0.717, 1.165) is 5.56 Å². The largest absolute Gasteiger partial charge is 0.415 e. The molecule has 26 heavy (non-hydrogen) atoms. The van der Waals surface area contributed by atoms with Crippen molar-refractivity contribution in [3.63, 3.8) is 0 Å². The standard InChI is InChI=1S/C20H32FNO3Si/c1-19(2,3)26(6,7)23-12-15-17-18(25-20(4,5)24-17)16(22-15)13-8-10-14(21)11-9-13/h8-11,15-18,22H,12H2,1-7H3/t15-,16+,17-,18+/m1/s1. The summed E-state index contributed by atoms with van der Waals surface area (Å²) in [7, 11) is -1.85. The van der Waals surface area contributed by atoms with Crippen LogP contribution in [0.1, 0.15) is 46.2 Å². The molecule has 2 aliphatic rings. The minimum absolute atomic E-state index is 0.0320. The summed E-state index contributed by atoms with van der Waals surface area (Å²) in [6.45, 7) is 15.7. The second kappa shape index (κ2) is 6.67. The minimum atomic E-state index is -1.85. The van der Waals surface area contributed by atoms with Gasteiger partial charge in [0.05, 0.1) is 18.7 Å². The molecule has 4 atom stereocenters. The smallest absolute Gasteiger partial charge is 0.192 e. The van der Waals surface area contributed by atoms with Gasteiger partial charge >= 0.3 is 0 Å². The fourth-order valence-electron chi connectivity index (χ4n) is 3.42. The van der Waals surface area contributed by atoms with Crippen molar-refractivity contribution in [2.45, 2.75) is 82.8 Å². The summed E-state index contributed by atoms with van der Waals surface area (Å²) in [6, 6.07) is 6.63. The first-order chi connectivity index (χ1) is 11.9. The number of halogens is 1. The van der Waals surface area contributed by atoms with Crippen molar-refractivity contribution in [2.24, 2.45) is 0 Å². The summed E-state index contributed by atoms with van der Waals surface area (Å²) in [6.07, 6.45) is -0.187. The fourth-order valence-corrected chi connectivity index (χ4v) is 4.45. The molecule has 2 aliphatic heterocycles. The Labute approximate surface area is 157 Å². The third-order valence-electron chi connectivity index (χ3n) is 5.94. The van der Waals surface area contributed by atoms with Crippen LogP contribution in [-0.2, 0) is 13.9 Å². The molecule has 0 radical (unpaired) electrons. The van der Waals surface area contributed by atoms with Gasteiger partial charge in [-0.1, -0.05) is 32.9 Å². The summed E-state index contributed by atoms with van der Waals surface area (Å²) in [5, 5.41) is 3.78. The van der Waals surface area contributed by atoms with Crippen molar-refractivity contribution in [3.8, 4) is 0 Å². The number of hydrogen-bond acceptors (Lipinski definition) is 4. The van der Waals surface area contributed by atoms with Crippen LogP contribution in [0, 0.1) is 5.82 Å². The molecule has 4 nitrogen and oxygen atoms in total. The van der Waals surface area contributed by atoms with Crippen LogP contribution >= 0.6 is 0 Å². The molecule has 0 saturated carbocycles. The Balaban J connectivity index is 1.78. The van der Waals surface area contributed by atoms with Crippen molar-refractivity contribution < 1.29 is 18.3 Å². The fraction of sp³-hybridized carbons (Fsp3) is 0.700. The van der Waals surface area contributed by atoms with Crippen molar-refractivity contribution >= 4 is 8.32 Å². The van der Waals surface area contributed by atoms with Crippen molar-refractivity contribution in [3.05, 3.63) is 35.6 Å². The molecule has 1 N–H and O–H groups in total. The second-order valence-corrected chi connectivity index (χ2v) is 14.2. The molecule has 0 aromatic heterocycles. The number of fused-ring (bicyclic) bond motifs is 1. The van der Waals surface area contributed by atoms with Gasteiger partial charge in [-0.2, -0.15) is 0 Å². The topological polar surface area (TPSA) is 39.7 Å². The molecule has 1 aromatic carbocycles. The Hall–Kier alpha value is -0.793. The minimum Gasteiger partial charge on any atom is -0.415 e. The van der Waals surface area contributed by atoms with E-state index in [0.29, 0.717) is 6.61 Å². The van der Waals surface area contributed by atoms with Crippen molar-refractivity contribution in [1.29, 1.82) is 0 Å². The van der Waals surface area contributed by atoms with E-state index in [-0.39, 0.29) is 35.1 Å². The second-order valence-electron chi connectivity index (χ2n) is 9.44. The van der Waals surface area contributed by atoms with Gasteiger partial charge in [-0.05, 0) is 49.7 Å². The first-order valence-electron chi connectivity index (χ1n) is 9.41. The molecule has 0 bridgehead atoms. The van der Waals surface area contributed by atoms with Gasteiger partial charge in [-0.3, -0.25) is 0 Å². The molecule has 3 rings (SSSR count). The third kappa shape index (κ3) is 3.89. The van der Waals surface area contributed by atoms with E-state index in [9.17, 15) is 4.39 Å². The van der Waals surface area contributed by atoms with Gasteiger partial charge in [0.25, 0.3) is 0 Å². The van der Waals surface area contributed by atoms with Gasteiger partial charge in [0.1, 0.15) is 18.0 Å². The zero-order valence-corrected chi connectivity index (χ0v) is 17.9. The Morgan fingerprint density at radius 3 is 2.27 bits per heavy atom. The van der Waals surface area contributed by atoms with Crippen molar-refractivity contribution in [1.82, 2.24) is 5.32 Å². The predicted molar refractivity (Wildman–Crippen MR) is 103 cm³/mol. The maximum atomic E-state index is 13.3. The third-order valence-corrected chi connectivity index (χ3v) is 10.4. The van der Waals surface area contributed by atoms with Crippen LogP contribution in [0.25, 0.3) is 0 Å². The number of nitrogens with one attached hydrogen (secondary N) is 1. The maximum Gasteiger partial charge on any atom is 0.192 e. The molecular formula is C20H32FNO3Si. The van der Waals surface area contributed by atoms with Crippen LogP contribution in [-0.4, -0.2) is 39.0 Å². The molecule has 2 heterocycles.